The molecule has 35 heavy (non-hydrogen) atoms. The summed E-state index contributed by atoms with van der Waals surface area (Å²) in [6.07, 6.45) is 0.639. The van der Waals surface area contributed by atoms with Crippen LogP contribution in [0.15, 0.2) is 47.8 Å². The molecular formula is C25H26FN3O4S2. The van der Waals surface area contributed by atoms with Crippen molar-refractivity contribution in [1.29, 1.82) is 0 Å². The van der Waals surface area contributed by atoms with E-state index in [2.05, 4.69) is 9.27 Å². The molecular weight excluding hydrogens is 489 g/mol. The zero-order chi connectivity index (χ0) is 25.0. The second kappa shape index (κ2) is 8.69. The minimum atomic E-state index is -3.89. The van der Waals surface area contributed by atoms with Gasteiger partial charge in [-0.25, -0.2) is 12.8 Å². The summed E-state index contributed by atoms with van der Waals surface area (Å²) in [5, 5.41) is 12.3. The third kappa shape index (κ3) is 4.13. The number of Topliss-reactive ketones (excluding diaryl/α,β-unsaturated/α-hetero) is 1. The monoisotopic (exact) mass is 515 g/mol. The summed E-state index contributed by atoms with van der Waals surface area (Å²) in [5.74, 6) is -1.28. The van der Waals surface area contributed by atoms with Crippen molar-refractivity contribution < 1.29 is 22.7 Å². The zero-order valence-electron chi connectivity index (χ0n) is 19.4. The Bertz CT molecular complexity index is 1410. The first-order chi connectivity index (χ1) is 16.6. The molecule has 0 amide bonds. The van der Waals surface area contributed by atoms with Crippen LogP contribution in [0.3, 0.4) is 0 Å². The van der Waals surface area contributed by atoms with Gasteiger partial charge in [-0.1, -0.05) is 12.1 Å². The lowest BCUT2D eigenvalue weighted by Gasteiger charge is -2.46. The first kappa shape index (κ1) is 23.9. The number of piperidine rings is 1. The standard InChI is InChI=1S/C25H26FN3O4S2/c1-16-14-34-27-24(16)21-10-18(6-7-22(21)30)13-28-9-8-25(12-17(28)2)23(31)15-35(32,33)29(25)20-5-3-4-19(26)11-20/h3-7,10-11,14,17,30H,8-9,12-13,15H2,1-2H3/t17-,25+/m0/s1. The summed E-state index contributed by atoms with van der Waals surface area (Å²) < 4.78 is 45.5. The molecule has 3 heterocycles. The molecule has 2 aromatic carbocycles. The molecule has 0 saturated carbocycles. The molecule has 10 heteroatoms. The molecule has 5 rings (SSSR count). The summed E-state index contributed by atoms with van der Waals surface area (Å²) in [6, 6.07) is 10.8. The molecule has 7 nitrogen and oxygen atoms in total. The van der Waals surface area contributed by atoms with Crippen molar-refractivity contribution in [2.45, 2.75) is 44.8 Å². The number of aromatic hydroxyl groups is 1. The van der Waals surface area contributed by atoms with Crippen molar-refractivity contribution in [2.75, 3.05) is 16.6 Å². The van der Waals surface area contributed by atoms with Crippen molar-refractivity contribution in [3.05, 3.63) is 64.8 Å². The largest absolute Gasteiger partial charge is 0.507 e. The van der Waals surface area contributed by atoms with Gasteiger partial charge in [0.05, 0.1) is 11.4 Å². The molecule has 0 aliphatic carbocycles. The summed E-state index contributed by atoms with van der Waals surface area (Å²) >= 11 is 1.34. The second-order valence-electron chi connectivity index (χ2n) is 9.43. The number of aryl methyl sites for hydroxylation is 1. The number of sulfonamides is 1. The fourth-order valence-corrected chi connectivity index (χ4v) is 7.98. The van der Waals surface area contributed by atoms with Crippen LogP contribution < -0.4 is 4.31 Å². The van der Waals surface area contributed by atoms with Crippen LogP contribution in [0.5, 0.6) is 5.75 Å². The minimum Gasteiger partial charge on any atom is -0.507 e. The van der Waals surface area contributed by atoms with E-state index in [4.69, 9.17) is 0 Å². The number of anilines is 1. The van der Waals surface area contributed by atoms with E-state index in [1.165, 1.54) is 40.1 Å². The number of rotatable bonds is 4. The third-order valence-electron chi connectivity index (χ3n) is 7.06. The lowest BCUT2D eigenvalue weighted by Crippen LogP contribution is -2.59. The summed E-state index contributed by atoms with van der Waals surface area (Å²) in [4.78, 5) is 15.3. The molecule has 0 radical (unpaired) electrons. The number of carbonyl (C=O) groups is 1. The molecule has 184 valence electrons. The van der Waals surface area contributed by atoms with Gasteiger partial charge in [-0.3, -0.25) is 14.0 Å². The molecule has 2 atom stereocenters. The van der Waals surface area contributed by atoms with Gasteiger partial charge in [-0.15, -0.1) is 0 Å². The molecule has 3 aromatic rings. The van der Waals surface area contributed by atoms with Crippen LogP contribution in [0.2, 0.25) is 0 Å². The maximum Gasteiger partial charge on any atom is 0.243 e. The van der Waals surface area contributed by atoms with Gasteiger partial charge in [-0.2, -0.15) is 4.37 Å². The number of hydrogen-bond donors (Lipinski definition) is 1. The Morgan fingerprint density at radius 2 is 2.06 bits per heavy atom. The van der Waals surface area contributed by atoms with Gasteiger partial charge in [0.15, 0.2) is 5.78 Å². The lowest BCUT2D eigenvalue weighted by atomic mass is 9.80. The van der Waals surface area contributed by atoms with E-state index < -0.39 is 27.1 Å². The number of likely N-dealkylation sites (tertiary alicyclic amines) is 1. The van der Waals surface area contributed by atoms with Crippen molar-refractivity contribution >= 4 is 33.0 Å². The van der Waals surface area contributed by atoms with Crippen LogP contribution in [0.1, 0.15) is 30.9 Å². The summed E-state index contributed by atoms with van der Waals surface area (Å²) in [6.45, 7) is 5.01. The van der Waals surface area contributed by atoms with Gasteiger partial charge >= 0.3 is 0 Å². The smallest absolute Gasteiger partial charge is 0.243 e. The Labute approximate surface area is 208 Å². The van der Waals surface area contributed by atoms with Crippen molar-refractivity contribution in [2.24, 2.45) is 0 Å². The molecule has 1 N–H and O–H groups in total. The average molecular weight is 516 g/mol. The number of halogens is 1. The minimum absolute atomic E-state index is 0.102. The fraction of sp³-hybridized carbons (Fsp3) is 0.360. The average Bonchev–Trinajstić information content (AvgIpc) is 3.29. The quantitative estimate of drug-likeness (QED) is 0.563. The van der Waals surface area contributed by atoms with Crippen LogP contribution in [-0.4, -0.2) is 52.5 Å². The molecule has 0 bridgehead atoms. The topological polar surface area (TPSA) is 90.8 Å². The van der Waals surface area contributed by atoms with Crippen LogP contribution in [0.25, 0.3) is 11.3 Å². The highest BCUT2D eigenvalue weighted by Gasteiger charge is 2.58. The van der Waals surface area contributed by atoms with E-state index in [9.17, 15) is 22.7 Å². The highest BCUT2D eigenvalue weighted by Crippen LogP contribution is 2.43. The lowest BCUT2D eigenvalue weighted by molar-refractivity contribution is -0.123. The predicted molar refractivity (Wildman–Crippen MR) is 133 cm³/mol. The highest BCUT2D eigenvalue weighted by atomic mass is 32.2. The second-order valence-corrected chi connectivity index (χ2v) is 11.9. The Morgan fingerprint density at radius 1 is 1.26 bits per heavy atom. The number of phenolic OH excluding ortho intramolecular Hbond substituents is 1. The van der Waals surface area contributed by atoms with Crippen LogP contribution >= 0.6 is 11.5 Å². The van der Waals surface area contributed by atoms with E-state index >= 15 is 0 Å². The van der Waals surface area contributed by atoms with Crippen LogP contribution in [-0.2, 0) is 21.4 Å². The van der Waals surface area contributed by atoms with Gasteiger partial charge < -0.3 is 5.11 Å². The predicted octanol–water partition coefficient (Wildman–Crippen LogP) is 4.11. The van der Waals surface area contributed by atoms with Gasteiger partial charge in [0.1, 0.15) is 22.9 Å². The summed E-state index contributed by atoms with van der Waals surface area (Å²) in [7, 11) is -3.89. The van der Waals surface area contributed by atoms with Gasteiger partial charge in [0.25, 0.3) is 0 Å². The van der Waals surface area contributed by atoms with Crippen molar-refractivity contribution in [1.82, 2.24) is 9.27 Å². The molecule has 1 spiro atoms. The number of benzene rings is 2. The van der Waals surface area contributed by atoms with E-state index in [0.717, 1.165) is 16.8 Å². The van der Waals surface area contributed by atoms with Crippen molar-refractivity contribution in [3.8, 4) is 17.0 Å². The summed E-state index contributed by atoms with van der Waals surface area (Å²) in [5.41, 5.74) is 2.40. The zero-order valence-corrected chi connectivity index (χ0v) is 21.1. The van der Waals surface area contributed by atoms with Crippen molar-refractivity contribution in [3.63, 3.8) is 0 Å². The molecule has 2 fully saturated rings. The molecule has 1 aromatic heterocycles. The van der Waals surface area contributed by atoms with E-state index in [1.807, 2.05) is 31.4 Å². The van der Waals surface area contributed by atoms with Gasteiger partial charge in [-0.05, 0) is 79.7 Å². The van der Waals surface area contributed by atoms with Crippen LogP contribution in [0, 0.1) is 12.7 Å². The number of phenols is 1. The highest BCUT2D eigenvalue weighted by molar-refractivity contribution is 7.94. The maximum atomic E-state index is 14.0. The maximum absolute atomic E-state index is 14.0. The van der Waals surface area contributed by atoms with E-state index in [0.29, 0.717) is 31.5 Å². The number of carbonyl (C=O) groups excluding carboxylic acids is 1. The fourth-order valence-electron chi connectivity index (χ4n) is 5.35. The first-order valence-corrected chi connectivity index (χ1v) is 13.8. The molecule has 0 unspecified atom stereocenters. The van der Waals surface area contributed by atoms with E-state index in [-0.39, 0.29) is 23.3 Å². The first-order valence-electron chi connectivity index (χ1n) is 11.4. The third-order valence-corrected chi connectivity index (χ3v) is 9.55. The van der Waals surface area contributed by atoms with Gasteiger partial charge in [0, 0.05) is 30.1 Å². The molecule has 2 aliphatic heterocycles. The number of nitrogens with zero attached hydrogens (tertiary/aromatic N) is 3. The number of ketones is 1. The van der Waals surface area contributed by atoms with E-state index in [1.54, 1.807) is 6.07 Å². The number of hydrogen-bond acceptors (Lipinski definition) is 7. The van der Waals surface area contributed by atoms with Crippen LogP contribution in [0.4, 0.5) is 10.1 Å². The molecule has 2 saturated heterocycles. The Hall–Kier alpha value is -2.82. The van der Waals surface area contributed by atoms with Gasteiger partial charge in [0.2, 0.25) is 10.0 Å². The number of aromatic nitrogens is 1. The Kier molecular flexibility index (Phi) is 5.93. The normalized spacial score (nSPS) is 24.4. The molecule has 2 aliphatic rings. The Morgan fingerprint density at radius 3 is 2.74 bits per heavy atom. The Balaban J connectivity index is 1.41. The SMILES string of the molecule is Cc1csnc1-c1cc(CN2CC[C@@]3(C[C@@H]2C)C(=O)CS(=O)(=O)N3c2cccc(F)c2)ccc1O.